The summed E-state index contributed by atoms with van der Waals surface area (Å²) < 4.78 is 0. The number of nitrogens with zero attached hydrogens (tertiary/aromatic N) is 1. The van der Waals surface area contributed by atoms with Gasteiger partial charge in [-0.05, 0) is 18.4 Å². The normalized spacial score (nSPS) is 12.9. The van der Waals surface area contributed by atoms with Crippen molar-refractivity contribution in [3.8, 4) is 0 Å². The highest BCUT2D eigenvalue weighted by Crippen LogP contribution is 2.16. The Morgan fingerprint density at radius 3 is 1.91 bits per heavy atom. The van der Waals surface area contributed by atoms with Crippen LogP contribution in [0.5, 0.6) is 0 Å². The second-order valence-electron chi connectivity index (χ2n) is 3.32. The molecule has 0 rings (SSSR count). The molecule has 1 nitrogen and oxygen atoms in total. The quantitative estimate of drug-likeness (QED) is 0.563. The molecule has 0 saturated carbocycles. The van der Waals surface area contributed by atoms with Gasteiger partial charge >= 0.3 is 0 Å². The fourth-order valence-corrected chi connectivity index (χ4v) is 1.43. The molecule has 0 atom stereocenters. The molecule has 0 aliphatic rings. The molecule has 0 aromatic heterocycles. The zero-order chi connectivity index (χ0) is 9.02. The van der Waals surface area contributed by atoms with Gasteiger partial charge < -0.3 is 4.90 Å². The largest absolute Gasteiger partial charge is 0.381 e. The Morgan fingerprint density at radius 2 is 1.82 bits per heavy atom. The maximum atomic E-state index is 3.76. The Bertz CT molecular complexity index is 154. The maximum absolute atomic E-state index is 3.76. The lowest BCUT2D eigenvalue weighted by molar-refractivity contribution is 0.441. The smallest absolute Gasteiger partial charge is 0.0183 e. The molecule has 0 bridgehead atoms. The minimum atomic E-state index is 0.572. The van der Waals surface area contributed by atoms with Gasteiger partial charge in [0.25, 0.3) is 0 Å². The van der Waals surface area contributed by atoms with Crippen molar-refractivity contribution < 1.29 is 0 Å². The predicted octanol–water partition coefficient (Wildman–Crippen LogP) is 2.66. The number of rotatable bonds is 3. The van der Waals surface area contributed by atoms with Crippen molar-refractivity contribution in [1.29, 1.82) is 0 Å². The van der Waals surface area contributed by atoms with Crippen molar-refractivity contribution in [3.05, 3.63) is 23.9 Å². The van der Waals surface area contributed by atoms with Crippen molar-refractivity contribution in [2.45, 2.75) is 20.8 Å². The minimum absolute atomic E-state index is 0.572. The highest BCUT2D eigenvalue weighted by atomic mass is 15.1. The third kappa shape index (κ3) is 2.79. The molecule has 0 aliphatic heterocycles. The van der Waals surface area contributed by atoms with Crippen LogP contribution in [0, 0.1) is 5.92 Å². The van der Waals surface area contributed by atoms with Gasteiger partial charge in [-0.25, -0.2) is 0 Å². The fraction of sp³-hybridized carbons (Fsp3) is 0.600. The lowest BCUT2D eigenvalue weighted by Crippen LogP contribution is -2.17. The van der Waals surface area contributed by atoms with Crippen molar-refractivity contribution in [2.75, 3.05) is 14.1 Å². The molecule has 0 saturated heterocycles. The summed E-state index contributed by atoms with van der Waals surface area (Å²) in [6.07, 6.45) is 1.91. The summed E-state index contributed by atoms with van der Waals surface area (Å²) in [5, 5.41) is 0. The van der Waals surface area contributed by atoms with Gasteiger partial charge in [0.15, 0.2) is 0 Å². The predicted molar refractivity (Wildman–Crippen MR) is 51.4 cm³/mol. The summed E-state index contributed by atoms with van der Waals surface area (Å²) in [6, 6.07) is 0. The molecule has 0 heterocycles. The van der Waals surface area contributed by atoms with Crippen molar-refractivity contribution in [3.63, 3.8) is 0 Å². The van der Waals surface area contributed by atoms with Crippen LogP contribution in [-0.2, 0) is 0 Å². The summed E-state index contributed by atoms with van der Waals surface area (Å²) in [7, 11) is 4.14. The van der Waals surface area contributed by atoms with Crippen LogP contribution < -0.4 is 0 Å². The summed E-state index contributed by atoms with van der Waals surface area (Å²) in [4.78, 5) is 2.15. The first-order chi connectivity index (χ1) is 5.00. The molecular weight excluding hydrogens is 134 g/mol. The first-order valence-corrected chi connectivity index (χ1v) is 4.01. The summed E-state index contributed by atoms with van der Waals surface area (Å²) in [5.41, 5.74) is 2.63. The first kappa shape index (κ1) is 10.3. The van der Waals surface area contributed by atoms with E-state index in [1.807, 2.05) is 6.08 Å². The summed E-state index contributed by atoms with van der Waals surface area (Å²) in [5.74, 6) is 0.572. The Hall–Kier alpha value is -0.720. The summed E-state index contributed by atoms with van der Waals surface area (Å²) in [6.45, 7) is 10.3. The molecule has 11 heavy (non-hydrogen) atoms. The lowest BCUT2D eigenvalue weighted by atomic mass is 10.0. The van der Waals surface area contributed by atoms with Crippen LogP contribution in [0.15, 0.2) is 23.9 Å². The molecule has 1 heteroatoms. The minimum Gasteiger partial charge on any atom is -0.381 e. The van der Waals surface area contributed by atoms with E-state index in [9.17, 15) is 0 Å². The van der Waals surface area contributed by atoms with E-state index in [0.29, 0.717) is 5.92 Å². The molecule has 0 radical (unpaired) electrons. The fourth-order valence-electron chi connectivity index (χ4n) is 1.43. The average molecular weight is 153 g/mol. The standard InChI is InChI=1S/C10H19N/c1-7-9(4)10(8(2)3)11(5)6/h7-8H,1H2,2-6H3/b10-9-. The molecule has 0 aromatic rings. The Labute approximate surface area is 70.4 Å². The van der Waals surface area contributed by atoms with E-state index in [2.05, 4.69) is 46.3 Å². The summed E-state index contributed by atoms with van der Waals surface area (Å²) >= 11 is 0. The average Bonchev–Trinajstić information content (AvgIpc) is 1.85. The zero-order valence-corrected chi connectivity index (χ0v) is 8.31. The topological polar surface area (TPSA) is 3.24 Å². The van der Waals surface area contributed by atoms with Crippen LogP contribution >= 0.6 is 0 Å². The Kier molecular flexibility index (Phi) is 3.94. The second kappa shape index (κ2) is 4.22. The molecular formula is C10H19N. The third-order valence-electron chi connectivity index (χ3n) is 1.74. The first-order valence-electron chi connectivity index (χ1n) is 4.01. The molecule has 0 amide bonds. The lowest BCUT2D eigenvalue weighted by Gasteiger charge is -2.22. The highest BCUT2D eigenvalue weighted by molar-refractivity contribution is 5.21. The van der Waals surface area contributed by atoms with Crippen LogP contribution in [0.25, 0.3) is 0 Å². The highest BCUT2D eigenvalue weighted by Gasteiger charge is 2.06. The number of allylic oxidation sites excluding steroid dienone is 3. The van der Waals surface area contributed by atoms with Gasteiger partial charge in [0, 0.05) is 19.8 Å². The monoisotopic (exact) mass is 153 g/mol. The van der Waals surface area contributed by atoms with Gasteiger partial charge in [0.2, 0.25) is 0 Å². The molecule has 0 aromatic carbocycles. The van der Waals surface area contributed by atoms with Crippen molar-refractivity contribution in [1.82, 2.24) is 4.90 Å². The van der Waals surface area contributed by atoms with Crippen molar-refractivity contribution in [2.24, 2.45) is 5.92 Å². The number of hydrogen-bond acceptors (Lipinski definition) is 1. The van der Waals surface area contributed by atoms with Crippen molar-refractivity contribution >= 4 is 0 Å². The van der Waals surface area contributed by atoms with E-state index in [1.54, 1.807) is 0 Å². The van der Waals surface area contributed by atoms with Gasteiger partial charge in [-0.15, -0.1) is 0 Å². The van der Waals surface area contributed by atoms with Gasteiger partial charge in [-0.2, -0.15) is 0 Å². The Balaban J connectivity index is 4.72. The van der Waals surface area contributed by atoms with Crippen LogP contribution in [0.1, 0.15) is 20.8 Å². The van der Waals surface area contributed by atoms with Crippen LogP contribution in [0.3, 0.4) is 0 Å². The van der Waals surface area contributed by atoms with Gasteiger partial charge in [0.05, 0.1) is 0 Å². The van der Waals surface area contributed by atoms with Gasteiger partial charge in [-0.1, -0.05) is 26.5 Å². The van der Waals surface area contributed by atoms with Crippen LogP contribution in [-0.4, -0.2) is 19.0 Å². The molecule has 0 N–H and O–H groups in total. The molecule has 64 valence electrons. The number of hydrogen-bond donors (Lipinski definition) is 0. The molecule has 0 aliphatic carbocycles. The zero-order valence-electron chi connectivity index (χ0n) is 8.31. The molecule has 0 unspecified atom stereocenters. The SMILES string of the molecule is C=C/C(C)=C(/C(C)C)N(C)C. The third-order valence-corrected chi connectivity index (χ3v) is 1.74. The second-order valence-corrected chi connectivity index (χ2v) is 3.32. The van der Waals surface area contributed by atoms with Gasteiger partial charge in [-0.3, -0.25) is 0 Å². The van der Waals surface area contributed by atoms with Gasteiger partial charge in [0.1, 0.15) is 0 Å². The van der Waals surface area contributed by atoms with E-state index >= 15 is 0 Å². The van der Waals surface area contributed by atoms with E-state index in [-0.39, 0.29) is 0 Å². The van der Waals surface area contributed by atoms with Crippen LogP contribution in [0.4, 0.5) is 0 Å². The van der Waals surface area contributed by atoms with E-state index in [0.717, 1.165) is 0 Å². The van der Waals surface area contributed by atoms with E-state index in [4.69, 9.17) is 0 Å². The molecule has 0 spiro atoms. The Morgan fingerprint density at radius 1 is 1.36 bits per heavy atom. The molecule has 0 fully saturated rings. The van der Waals surface area contributed by atoms with E-state index < -0.39 is 0 Å². The van der Waals surface area contributed by atoms with Crippen LogP contribution in [0.2, 0.25) is 0 Å². The van der Waals surface area contributed by atoms with E-state index in [1.165, 1.54) is 11.3 Å². The maximum Gasteiger partial charge on any atom is 0.0183 e.